The second-order valence-electron chi connectivity index (χ2n) is 3.08. The van der Waals surface area contributed by atoms with E-state index in [1.165, 1.54) is 6.07 Å². The maximum atomic E-state index is 13.1. The summed E-state index contributed by atoms with van der Waals surface area (Å²) in [5.41, 5.74) is 0.970. The van der Waals surface area contributed by atoms with E-state index in [0.717, 1.165) is 5.75 Å². The maximum Gasteiger partial charge on any atom is 0.164 e. The van der Waals surface area contributed by atoms with Gasteiger partial charge in [-0.15, -0.1) is 0 Å². The van der Waals surface area contributed by atoms with E-state index in [1.807, 2.05) is 6.26 Å². The highest BCUT2D eigenvalue weighted by atomic mass is 32.2. The first-order valence-corrected chi connectivity index (χ1v) is 5.83. The van der Waals surface area contributed by atoms with Gasteiger partial charge < -0.3 is 0 Å². The third-order valence-electron chi connectivity index (χ3n) is 2.10. The Bertz CT molecular complexity index is 336. The van der Waals surface area contributed by atoms with Gasteiger partial charge in [0.05, 0.1) is 0 Å². The van der Waals surface area contributed by atoms with Crippen LogP contribution in [0.25, 0.3) is 0 Å². The van der Waals surface area contributed by atoms with Crippen LogP contribution in [0.3, 0.4) is 0 Å². The molecule has 1 rings (SSSR count). The molecule has 0 aliphatic rings. The fourth-order valence-electron chi connectivity index (χ4n) is 1.24. The molecule has 3 heteroatoms. The summed E-state index contributed by atoms with van der Waals surface area (Å²) in [7, 11) is 0. The molecule has 0 aliphatic heterocycles. The van der Waals surface area contributed by atoms with E-state index in [0.29, 0.717) is 17.5 Å². The molecule has 1 aromatic carbocycles. The van der Waals surface area contributed by atoms with Crippen LogP contribution in [0, 0.1) is 12.7 Å². The highest BCUT2D eigenvalue weighted by molar-refractivity contribution is 7.98. The van der Waals surface area contributed by atoms with Crippen molar-refractivity contribution in [1.82, 2.24) is 0 Å². The number of ketones is 1. The van der Waals surface area contributed by atoms with Crippen molar-refractivity contribution in [2.24, 2.45) is 0 Å². The normalized spacial score (nSPS) is 10.2. The van der Waals surface area contributed by atoms with Gasteiger partial charge in [-0.25, -0.2) is 4.39 Å². The highest BCUT2D eigenvalue weighted by Crippen LogP contribution is 2.14. The lowest BCUT2D eigenvalue weighted by atomic mass is 10.0. The summed E-state index contributed by atoms with van der Waals surface area (Å²) in [6, 6.07) is 4.64. The van der Waals surface area contributed by atoms with Crippen molar-refractivity contribution >= 4 is 17.5 Å². The number of carbonyl (C=O) groups is 1. The standard InChI is InChI=1S/C11H13FOS/c1-8-9(4-3-5-10(8)12)11(13)6-7-14-2/h3-5H,6-7H2,1-2H3. The molecule has 0 N–H and O–H groups in total. The molecule has 0 radical (unpaired) electrons. The van der Waals surface area contributed by atoms with Crippen LogP contribution in [0.5, 0.6) is 0 Å². The summed E-state index contributed by atoms with van der Waals surface area (Å²) in [6.45, 7) is 1.64. The quantitative estimate of drug-likeness (QED) is 0.713. The topological polar surface area (TPSA) is 17.1 Å². The zero-order valence-electron chi connectivity index (χ0n) is 8.34. The van der Waals surface area contributed by atoms with Gasteiger partial charge in [-0.05, 0) is 24.8 Å². The molecule has 0 spiro atoms. The Morgan fingerprint density at radius 3 is 2.86 bits per heavy atom. The number of thioether (sulfide) groups is 1. The van der Waals surface area contributed by atoms with Gasteiger partial charge in [0.25, 0.3) is 0 Å². The summed E-state index contributed by atoms with van der Waals surface area (Å²) in [6.07, 6.45) is 2.43. The summed E-state index contributed by atoms with van der Waals surface area (Å²) < 4.78 is 13.1. The van der Waals surface area contributed by atoms with Gasteiger partial charge in [0.2, 0.25) is 0 Å². The molecule has 14 heavy (non-hydrogen) atoms. The van der Waals surface area contributed by atoms with Crippen LogP contribution in [0.15, 0.2) is 18.2 Å². The Morgan fingerprint density at radius 1 is 1.50 bits per heavy atom. The molecule has 0 saturated carbocycles. The highest BCUT2D eigenvalue weighted by Gasteiger charge is 2.10. The lowest BCUT2D eigenvalue weighted by Crippen LogP contribution is -2.04. The summed E-state index contributed by atoms with van der Waals surface area (Å²) >= 11 is 1.62. The first kappa shape index (κ1) is 11.2. The molecule has 0 fully saturated rings. The van der Waals surface area contributed by atoms with Gasteiger partial charge >= 0.3 is 0 Å². The monoisotopic (exact) mass is 212 g/mol. The van der Waals surface area contributed by atoms with E-state index < -0.39 is 0 Å². The molecule has 0 unspecified atom stereocenters. The first-order chi connectivity index (χ1) is 6.66. The zero-order valence-corrected chi connectivity index (χ0v) is 9.16. The number of hydrogen-bond acceptors (Lipinski definition) is 2. The number of carbonyl (C=O) groups excluding carboxylic acids is 1. The van der Waals surface area contributed by atoms with Gasteiger partial charge in [0.15, 0.2) is 5.78 Å². The Morgan fingerprint density at radius 2 is 2.21 bits per heavy atom. The summed E-state index contributed by atoms with van der Waals surface area (Å²) in [5, 5.41) is 0. The van der Waals surface area contributed by atoms with Crippen molar-refractivity contribution in [3.8, 4) is 0 Å². The van der Waals surface area contributed by atoms with Crippen molar-refractivity contribution in [2.45, 2.75) is 13.3 Å². The van der Waals surface area contributed by atoms with Crippen molar-refractivity contribution in [2.75, 3.05) is 12.0 Å². The molecular formula is C11H13FOS. The minimum absolute atomic E-state index is 0.0244. The van der Waals surface area contributed by atoms with E-state index in [1.54, 1.807) is 30.8 Å². The Labute approximate surface area is 87.7 Å². The van der Waals surface area contributed by atoms with E-state index in [4.69, 9.17) is 0 Å². The van der Waals surface area contributed by atoms with Crippen LogP contribution >= 0.6 is 11.8 Å². The van der Waals surface area contributed by atoms with Crippen LogP contribution in [0.4, 0.5) is 4.39 Å². The van der Waals surface area contributed by atoms with E-state index >= 15 is 0 Å². The number of hydrogen-bond donors (Lipinski definition) is 0. The SMILES string of the molecule is CSCCC(=O)c1cccc(F)c1C. The molecule has 0 atom stereocenters. The molecule has 0 saturated heterocycles. The van der Waals surface area contributed by atoms with E-state index in [9.17, 15) is 9.18 Å². The fourth-order valence-corrected chi connectivity index (χ4v) is 1.63. The second kappa shape index (κ2) is 5.15. The van der Waals surface area contributed by atoms with Gasteiger partial charge in [0, 0.05) is 17.7 Å². The van der Waals surface area contributed by atoms with Crippen molar-refractivity contribution in [3.05, 3.63) is 35.1 Å². The molecule has 0 aromatic heterocycles. The van der Waals surface area contributed by atoms with Crippen molar-refractivity contribution in [3.63, 3.8) is 0 Å². The summed E-state index contributed by atoms with van der Waals surface area (Å²) in [5.74, 6) is 0.505. The molecular weight excluding hydrogens is 199 g/mol. The van der Waals surface area contributed by atoms with Gasteiger partial charge in [-0.1, -0.05) is 12.1 Å². The minimum atomic E-state index is -0.306. The average molecular weight is 212 g/mol. The Kier molecular flexibility index (Phi) is 4.14. The number of benzene rings is 1. The lowest BCUT2D eigenvalue weighted by Gasteiger charge is -2.04. The second-order valence-corrected chi connectivity index (χ2v) is 4.06. The summed E-state index contributed by atoms with van der Waals surface area (Å²) in [4.78, 5) is 11.6. The molecule has 0 bridgehead atoms. The van der Waals surface area contributed by atoms with Gasteiger partial charge in [-0.3, -0.25) is 4.79 Å². The van der Waals surface area contributed by atoms with Crippen molar-refractivity contribution < 1.29 is 9.18 Å². The van der Waals surface area contributed by atoms with Crippen LogP contribution in [0.1, 0.15) is 22.3 Å². The number of Topliss-reactive ketones (excluding diaryl/α,β-unsaturated/α-hetero) is 1. The fraction of sp³-hybridized carbons (Fsp3) is 0.364. The van der Waals surface area contributed by atoms with Crippen LogP contribution < -0.4 is 0 Å². The largest absolute Gasteiger partial charge is 0.294 e. The first-order valence-electron chi connectivity index (χ1n) is 4.44. The third kappa shape index (κ3) is 2.58. The van der Waals surface area contributed by atoms with Gasteiger partial charge in [0.1, 0.15) is 5.82 Å². The van der Waals surface area contributed by atoms with Crippen molar-refractivity contribution in [1.29, 1.82) is 0 Å². The minimum Gasteiger partial charge on any atom is -0.294 e. The van der Waals surface area contributed by atoms with Crippen LogP contribution in [-0.4, -0.2) is 17.8 Å². The third-order valence-corrected chi connectivity index (χ3v) is 2.71. The smallest absolute Gasteiger partial charge is 0.164 e. The molecule has 0 heterocycles. The zero-order chi connectivity index (χ0) is 10.6. The molecule has 1 aromatic rings. The Balaban J connectivity index is 2.84. The average Bonchev–Trinajstić information content (AvgIpc) is 2.18. The van der Waals surface area contributed by atoms with E-state index in [2.05, 4.69) is 0 Å². The lowest BCUT2D eigenvalue weighted by molar-refractivity contribution is 0.0988. The predicted molar refractivity (Wildman–Crippen MR) is 58.5 cm³/mol. The number of halogens is 1. The molecule has 0 amide bonds. The molecule has 1 nitrogen and oxygen atoms in total. The predicted octanol–water partition coefficient (Wildman–Crippen LogP) is 3.07. The van der Waals surface area contributed by atoms with Crippen LogP contribution in [-0.2, 0) is 0 Å². The maximum absolute atomic E-state index is 13.1. The van der Waals surface area contributed by atoms with Gasteiger partial charge in [-0.2, -0.15) is 11.8 Å². The van der Waals surface area contributed by atoms with Crippen LogP contribution in [0.2, 0.25) is 0 Å². The molecule has 0 aliphatic carbocycles. The van der Waals surface area contributed by atoms with E-state index in [-0.39, 0.29) is 11.6 Å². The number of rotatable bonds is 4. The Hall–Kier alpha value is -0.830. The molecule has 76 valence electrons.